The topological polar surface area (TPSA) is 82.5 Å². The largest absolute Gasteiger partial charge is 0.480 e. The molecule has 2 amide bonds. The van der Waals surface area contributed by atoms with Crippen LogP contribution in [0.2, 0.25) is 0 Å². The fraction of sp³-hybridized carbons (Fsp3) is 0.583. The molecule has 0 aliphatic heterocycles. The Morgan fingerprint density at radius 2 is 2.16 bits per heavy atom. The van der Waals surface area contributed by atoms with E-state index < -0.39 is 17.5 Å². The number of hydrogen-bond acceptors (Lipinski definition) is 4. The van der Waals surface area contributed by atoms with Crippen LogP contribution in [0.25, 0.3) is 0 Å². The molecule has 0 spiro atoms. The number of carboxylic acid groups (broad SMARTS) is 1. The second kappa shape index (κ2) is 6.01. The van der Waals surface area contributed by atoms with Gasteiger partial charge in [-0.3, -0.25) is 4.79 Å². The maximum Gasteiger partial charge on any atom is 0.323 e. The Hall–Kier alpha value is -1.63. The summed E-state index contributed by atoms with van der Waals surface area (Å²) < 4.78 is 0. The fourth-order valence-electron chi connectivity index (χ4n) is 1.52. The van der Waals surface area contributed by atoms with E-state index in [4.69, 9.17) is 5.11 Å². The summed E-state index contributed by atoms with van der Waals surface area (Å²) in [5, 5.41) is 14.3. The maximum atomic E-state index is 12.2. The van der Waals surface area contributed by atoms with Crippen molar-refractivity contribution in [3.05, 3.63) is 16.6 Å². The van der Waals surface area contributed by atoms with E-state index in [-0.39, 0.29) is 12.6 Å². The molecule has 19 heavy (non-hydrogen) atoms. The highest BCUT2D eigenvalue weighted by atomic mass is 32.1. The molecule has 1 atom stereocenters. The predicted octanol–water partition coefficient (Wildman–Crippen LogP) is 2.10. The van der Waals surface area contributed by atoms with E-state index >= 15 is 0 Å². The van der Waals surface area contributed by atoms with E-state index in [2.05, 4.69) is 10.3 Å². The second-order valence-corrected chi connectivity index (χ2v) is 6.12. The summed E-state index contributed by atoms with van der Waals surface area (Å²) in [7, 11) is 0. The summed E-state index contributed by atoms with van der Waals surface area (Å²) in [4.78, 5) is 28.4. The van der Waals surface area contributed by atoms with Crippen molar-refractivity contribution >= 4 is 23.3 Å². The van der Waals surface area contributed by atoms with Crippen molar-refractivity contribution in [3.63, 3.8) is 0 Å². The quantitative estimate of drug-likeness (QED) is 0.887. The zero-order chi connectivity index (χ0) is 14.6. The average molecular weight is 285 g/mol. The summed E-state index contributed by atoms with van der Waals surface area (Å²) in [6.07, 6.45) is 1.67. The molecule has 0 fully saturated rings. The lowest BCUT2D eigenvalue weighted by Crippen LogP contribution is -2.52. The molecular formula is C12H19N3O3S. The van der Waals surface area contributed by atoms with Gasteiger partial charge in [-0.05, 0) is 27.7 Å². The number of carbonyl (C=O) groups is 2. The molecule has 0 radical (unpaired) electrons. The molecule has 0 bridgehead atoms. The van der Waals surface area contributed by atoms with E-state index in [1.807, 2.05) is 12.3 Å². The number of nitrogens with zero attached hydrogens (tertiary/aromatic N) is 2. The molecule has 1 aromatic rings. The van der Waals surface area contributed by atoms with E-state index in [0.717, 1.165) is 5.01 Å². The van der Waals surface area contributed by atoms with E-state index in [9.17, 15) is 9.59 Å². The van der Waals surface area contributed by atoms with Crippen molar-refractivity contribution in [1.29, 1.82) is 0 Å². The van der Waals surface area contributed by atoms with Crippen LogP contribution in [0.15, 0.2) is 11.6 Å². The Kier molecular flexibility index (Phi) is 4.88. The number of carbonyl (C=O) groups excluding carboxylic acids is 1. The third-order valence-electron chi connectivity index (χ3n) is 2.51. The Labute approximate surface area is 116 Å². The van der Waals surface area contributed by atoms with Gasteiger partial charge in [0.25, 0.3) is 0 Å². The Balaban J connectivity index is 2.75. The molecule has 0 aliphatic carbocycles. The van der Waals surface area contributed by atoms with Crippen molar-refractivity contribution in [1.82, 2.24) is 15.2 Å². The smallest absolute Gasteiger partial charge is 0.323 e. The van der Waals surface area contributed by atoms with Gasteiger partial charge in [0.2, 0.25) is 0 Å². The zero-order valence-corrected chi connectivity index (χ0v) is 12.3. The van der Waals surface area contributed by atoms with Gasteiger partial charge in [-0.25, -0.2) is 9.78 Å². The van der Waals surface area contributed by atoms with Crippen LogP contribution in [0, 0.1) is 0 Å². The molecule has 7 heteroatoms. The lowest BCUT2D eigenvalue weighted by molar-refractivity contribution is -0.138. The minimum Gasteiger partial charge on any atom is -0.480 e. The van der Waals surface area contributed by atoms with Crippen LogP contribution in [-0.2, 0) is 4.79 Å². The summed E-state index contributed by atoms with van der Waals surface area (Å²) >= 11 is 1.45. The van der Waals surface area contributed by atoms with Crippen LogP contribution >= 0.6 is 11.3 Å². The lowest BCUT2D eigenvalue weighted by Gasteiger charge is -2.35. The number of aromatic nitrogens is 1. The van der Waals surface area contributed by atoms with Crippen molar-refractivity contribution < 1.29 is 14.7 Å². The number of aliphatic carboxylic acids is 1. The minimum atomic E-state index is -1.04. The van der Waals surface area contributed by atoms with Crippen molar-refractivity contribution in [2.75, 3.05) is 6.54 Å². The minimum absolute atomic E-state index is 0.244. The Morgan fingerprint density at radius 3 is 2.58 bits per heavy atom. The van der Waals surface area contributed by atoms with Crippen molar-refractivity contribution in [3.8, 4) is 0 Å². The van der Waals surface area contributed by atoms with Gasteiger partial charge in [-0.2, -0.15) is 0 Å². The molecule has 1 rings (SSSR count). The first kappa shape index (κ1) is 15.4. The number of amides is 2. The first-order chi connectivity index (χ1) is 8.71. The molecule has 0 saturated carbocycles. The van der Waals surface area contributed by atoms with Gasteiger partial charge >= 0.3 is 12.0 Å². The summed E-state index contributed by atoms with van der Waals surface area (Å²) in [6.45, 7) is 6.87. The summed E-state index contributed by atoms with van der Waals surface area (Å²) in [5.41, 5.74) is -0.564. The summed E-state index contributed by atoms with van der Waals surface area (Å²) in [6, 6.07) is -0.649. The Morgan fingerprint density at radius 1 is 1.53 bits per heavy atom. The van der Waals surface area contributed by atoms with Crippen LogP contribution in [0.4, 0.5) is 4.79 Å². The van der Waals surface area contributed by atoms with Gasteiger partial charge in [0.05, 0.1) is 6.04 Å². The van der Waals surface area contributed by atoms with E-state index in [0.29, 0.717) is 0 Å². The molecule has 1 unspecified atom stereocenters. The van der Waals surface area contributed by atoms with Gasteiger partial charge in [0.15, 0.2) is 0 Å². The molecule has 0 aliphatic rings. The molecule has 106 valence electrons. The van der Waals surface area contributed by atoms with Crippen LogP contribution < -0.4 is 5.32 Å². The van der Waals surface area contributed by atoms with Crippen LogP contribution in [0.3, 0.4) is 0 Å². The third kappa shape index (κ3) is 4.51. The first-order valence-electron chi connectivity index (χ1n) is 5.91. The van der Waals surface area contributed by atoms with Gasteiger partial charge in [0.1, 0.15) is 11.6 Å². The molecule has 0 aromatic carbocycles. The molecule has 1 heterocycles. The normalized spacial score (nSPS) is 12.8. The first-order valence-corrected chi connectivity index (χ1v) is 6.79. The number of thiazole rings is 1. The van der Waals surface area contributed by atoms with Crippen LogP contribution in [0.1, 0.15) is 38.7 Å². The highest BCUT2D eigenvalue weighted by Crippen LogP contribution is 2.18. The van der Waals surface area contributed by atoms with Gasteiger partial charge in [-0.1, -0.05) is 0 Å². The second-order valence-electron chi connectivity index (χ2n) is 5.19. The highest BCUT2D eigenvalue weighted by molar-refractivity contribution is 7.09. The Bertz CT molecular complexity index is 440. The highest BCUT2D eigenvalue weighted by Gasteiger charge is 2.29. The summed E-state index contributed by atoms with van der Waals surface area (Å²) in [5.74, 6) is -1.04. The molecule has 1 aromatic heterocycles. The maximum absolute atomic E-state index is 12.2. The van der Waals surface area contributed by atoms with E-state index in [1.165, 1.54) is 16.2 Å². The number of hydrogen-bond donors (Lipinski definition) is 2. The number of nitrogens with one attached hydrogen (secondary N) is 1. The number of urea groups is 1. The van der Waals surface area contributed by atoms with Gasteiger partial charge in [-0.15, -0.1) is 11.3 Å². The van der Waals surface area contributed by atoms with Gasteiger partial charge in [0, 0.05) is 17.1 Å². The molecular weight excluding hydrogens is 266 g/mol. The molecule has 6 nitrogen and oxygen atoms in total. The molecule has 0 saturated heterocycles. The van der Waals surface area contributed by atoms with Crippen LogP contribution in [-0.4, -0.2) is 39.1 Å². The van der Waals surface area contributed by atoms with Crippen molar-refractivity contribution in [2.45, 2.75) is 39.3 Å². The average Bonchev–Trinajstić information content (AvgIpc) is 2.77. The number of rotatable bonds is 4. The fourth-order valence-corrected chi connectivity index (χ4v) is 2.17. The standard InChI is InChI=1S/C12H19N3O3S/c1-8(10-13-5-6-19-10)14-11(18)15(7-9(16)17)12(2,3)4/h5-6,8H,7H2,1-4H3,(H,14,18)(H,16,17). The third-order valence-corrected chi connectivity index (χ3v) is 3.47. The SMILES string of the molecule is CC(NC(=O)N(CC(=O)O)C(C)(C)C)c1nccs1. The molecule has 2 N–H and O–H groups in total. The predicted molar refractivity (Wildman–Crippen MR) is 73.2 cm³/mol. The van der Waals surface area contributed by atoms with E-state index in [1.54, 1.807) is 27.0 Å². The van der Waals surface area contributed by atoms with Crippen LogP contribution in [0.5, 0.6) is 0 Å². The monoisotopic (exact) mass is 285 g/mol. The zero-order valence-electron chi connectivity index (χ0n) is 11.5. The van der Waals surface area contributed by atoms with Crippen molar-refractivity contribution in [2.24, 2.45) is 0 Å². The lowest BCUT2D eigenvalue weighted by atomic mass is 10.1. The number of carboxylic acids is 1. The van der Waals surface area contributed by atoms with Gasteiger partial charge < -0.3 is 15.3 Å².